The SMILES string of the molecule is CCCSc1sc(C(=O)OCC)c2c1-c1c(cnn1CCO)CC2. The molecule has 2 aromatic rings. The summed E-state index contributed by atoms with van der Waals surface area (Å²) < 4.78 is 8.29. The summed E-state index contributed by atoms with van der Waals surface area (Å²) in [6, 6.07) is 0. The molecule has 5 nitrogen and oxygen atoms in total. The predicted octanol–water partition coefficient (Wildman–Crippen LogP) is 3.38. The molecule has 2 heterocycles. The number of hydrogen-bond donors (Lipinski definition) is 1. The summed E-state index contributed by atoms with van der Waals surface area (Å²) in [5.41, 5.74) is 4.48. The quantitative estimate of drug-likeness (QED) is 0.601. The van der Waals surface area contributed by atoms with Crippen molar-refractivity contribution < 1.29 is 14.6 Å². The first-order chi connectivity index (χ1) is 11.7. The third-order valence-corrected chi connectivity index (χ3v) is 6.67. The Morgan fingerprint density at radius 2 is 2.29 bits per heavy atom. The van der Waals surface area contributed by atoms with Gasteiger partial charge in [0.2, 0.25) is 0 Å². The summed E-state index contributed by atoms with van der Waals surface area (Å²) in [5.74, 6) is 0.789. The predicted molar refractivity (Wildman–Crippen MR) is 97.0 cm³/mol. The third-order valence-electron chi connectivity index (χ3n) is 3.98. The third kappa shape index (κ3) is 3.12. The molecule has 0 bridgehead atoms. The summed E-state index contributed by atoms with van der Waals surface area (Å²) in [7, 11) is 0. The van der Waals surface area contributed by atoms with E-state index in [1.165, 1.54) is 5.56 Å². The van der Waals surface area contributed by atoms with Crippen LogP contribution in [0.25, 0.3) is 11.3 Å². The van der Waals surface area contributed by atoms with Crippen LogP contribution in [0, 0.1) is 0 Å². The zero-order valence-electron chi connectivity index (χ0n) is 14.0. The molecule has 3 rings (SSSR count). The number of carbonyl (C=O) groups excluding carboxylic acids is 1. The lowest BCUT2D eigenvalue weighted by atomic mass is 9.92. The van der Waals surface area contributed by atoms with Crippen molar-refractivity contribution in [1.82, 2.24) is 9.78 Å². The van der Waals surface area contributed by atoms with E-state index in [1.807, 2.05) is 17.8 Å². The summed E-state index contributed by atoms with van der Waals surface area (Å²) in [5, 5.41) is 13.8. The van der Waals surface area contributed by atoms with Crippen LogP contribution in [-0.4, -0.2) is 39.8 Å². The van der Waals surface area contributed by atoms with Gasteiger partial charge in [0.05, 0.1) is 35.9 Å². The van der Waals surface area contributed by atoms with Crippen LogP contribution in [0.5, 0.6) is 0 Å². The molecule has 0 saturated heterocycles. The number of thiophene rings is 1. The van der Waals surface area contributed by atoms with Gasteiger partial charge >= 0.3 is 5.97 Å². The Morgan fingerprint density at radius 1 is 1.46 bits per heavy atom. The first kappa shape index (κ1) is 17.5. The Balaban J connectivity index is 2.12. The first-order valence-corrected chi connectivity index (χ1v) is 10.1. The molecule has 130 valence electrons. The topological polar surface area (TPSA) is 64.3 Å². The lowest BCUT2D eigenvalue weighted by molar-refractivity contribution is 0.0531. The van der Waals surface area contributed by atoms with Gasteiger partial charge in [-0.1, -0.05) is 6.92 Å². The van der Waals surface area contributed by atoms with E-state index in [2.05, 4.69) is 12.0 Å². The fraction of sp³-hybridized carbons (Fsp3) is 0.529. The summed E-state index contributed by atoms with van der Waals surface area (Å²) in [4.78, 5) is 13.1. The molecular weight excluding hydrogens is 344 g/mol. The molecular formula is C17H22N2O3S2. The van der Waals surface area contributed by atoms with Gasteiger partial charge in [-0.2, -0.15) is 5.10 Å². The normalized spacial score (nSPS) is 12.8. The first-order valence-electron chi connectivity index (χ1n) is 8.32. The van der Waals surface area contributed by atoms with E-state index >= 15 is 0 Å². The molecule has 2 aromatic heterocycles. The number of esters is 1. The standard InChI is InChI=1S/C17H22N2O3S2/c1-3-9-23-17-13-12(15(24-17)16(21)22-4-2)6-5-11-10-18-19(7-8-20)14(11)13/h10,20H,3-9H2,1-2H3. The molecule has 7 heteroatoms. The fourth-order valence-corrected chi connectivity index (χ4v) is 5.46. The minimum Gasteiger partial charge on any atom is -0.462 e. The van der Waals surface area contributed by atoms with Gasteiger partial charge in [0, 0.05) is 5.56 Å². The number of carbonyl (C=O) groups is 1. The molecule has 0 saturated carbocycles. The largest absolute Gasteiger partial charge is 0.462 e. The maximum absolute atomic E-state index is 12.4. The molecule has 0 amide bonds. The zero-order valence-corrected chi connectivity index (χ0v) is 15.6. The van der Waals surface area contributed by atoms with Crippen LogP contribution in [0.3, 0.4) is 0 Å². The highest BCUT2D eigenvalue weighted by Gasteiger charge is 2.31. The number of aliphatic hydroxyl groups is 1. The number of aromatic nitrogens is 2. The average Bonchev–Trinajstić information content (AvgIpc) is 3.15. The number of nitrogens with zero attached hydrogens (tertiary/aromatic N) is 2. The highest BCUT2D eigenvalue weighted by molar-refractivity contribution is 8.01. The van der Waals surface area contributed by atoms with Crippen molar-refractivity contribution in [3.05, 3.63) is 22.2 Å². The van der Waals surface area contributed by atoms with Gasteiger partial charge < -0.3 is 9.84 Å². The smallest absolute Gasteiger partial charge is 0.348 e. The van der Waals surface area contributed by atoms with E-state index < -0.39 is 0 Å². The average molecular weight is 367 g/mol. The number of thioether (sulfide) groups is 1. The Labute approximate surface area is 150 Å². The van der Waals surface area contributed by atoms with Crippen molar-refractivity contribution in [1.29, 1.82) is 0 Å². The van der Waals surface area contributed by atoms with Crippen LogP contribution in [0.1, 0.15) is 41.1 Å². The fourth-order valence-electron chi connectivity index (χ4n) is 3.00. The lowest BCUT2D eigenvalue weighted by Gasteiger charge is -2.17. The van der Waals surface area contributed by atoms with Crippen LogP contribution < -0.4 is 0 Å². The highest BCUT2D eigenvalue weighted by atomic mass is 32.2. The van der Waals surface area contributed by atoms with Crippen LogP contribution in [0.15, 0.2) is 10.4 Å². The second-order valence-corrected chi connectivity index (χ2v) is 7.99. The van der Waals surface area contributed by atoms with Crippen molar-refractivity contribution >= 4 is 29.1 Å². The molecule has 0 spiro atoms. The Bertz CT molecular complexity index is 737. The molecule has 1 aliphatic carbocycles. The zero-order chi connectivity index (χ0) is 17.1. The highest BCUT2D eigenvalue weighted by Crippen LogP contribution is 2.47. The molecule has 0 radical (unpaired) electrons. The molecule has 0 aromatic carbocycles. The minimum absolute atomic E-state index is 0.0513. The second kappa shape index (κ2) is 7.72. The summed E-state index contributed by atoms with van der Waals surface area (Å²) in [6.07, 6.45) is 4.68. The Morgan fingerprint density at radius 3 is 3.00 bits per heavy atom. The summed E-state index contributed by atoms with van der Waals surface area (Å²) >= 11 is 3.33. The number of aliphatic hydroxyl groups excluding tert-OH is 1. The van der Waals surface area contributed by atoms with Gasteiger partial charge in [-0.25, -0.2) is 4.79 Å². The van der Waals surface area contributed by atoms with Gasteiger partial charge in [-0.3, -0.25) is 4.68 Å². The molecule has 0 atom stereocenters. The van der Waals surface area contributed by atoms with E-state index in [0.717, 1.165) is 50.9 Å². The number of hydrogen-bond acceptors (Lipinski definition) is 6. The van der Waals surface area contributed by atoms with Crippen LogP contribution >= 0.6 is 23.1 Å². The van der Waals surface area contributed by atoms with E-state index in [1.54, 1.807) is 23.1 Å². The van der Waals surface area contributed by atoms with Gasteiger partial charge in [-0.15, -0.1) is 23.1 Å². The van der Waals surface area contributed by atoms with Crippen molar-refractivity contribution in [2.75, 3.05) is 19.0 Å². The van der Waals surface area contributed by atoms with Gasteiger partial charge in [0.1, 0.15) is 4.88 Å². The van der Waals surface area contributed by atoms with E-state index in [0.29, 0.717) is 13.2 Å². The molecule has 24 heavy (non-hydrogen) atoms. The molecule has 0 fully saturated rings. The molecule has 0 unspecified atom stereocenters. The van der Waals surface area contributed by atoms with E-state index in [9.17, 15) is 9.90 Å². The number of rotatable bonds is 7. The van der Waals surface area contributed by atoms with Crippen LogP contribution in [0.4, 0.5) is 0 Å². The number of ether oxygens (including phenoxy) is 1. The molecule has 1 aliphatic rings. The molecule has 1 N–H and O–H groups in total. The Hall–Kier alpha value is -1.31. The van der Waals surface area contributed by atoms with Gasteiger partial charge in [0.15, 0.2) is 0 Å². The van der Waals surface area contributed by atoms with Gasteiger partial charge in [-0.05, 0) is 43.1 Å². The van der Waals surface area contributed by atoms with Crippen LogP contribution in [-0.2, 0) is 24.1 Å². The van der Waals surface area contributed by atoms with Crippen molar-refractivity contribution in [3.63, 3.8) is 0 Å². The van der Waals surface area contributed by atoms with E-state index in [4.69, 9.17) is 4.74 Å². The maximum atomic E-state index is 12.4. The molecule has 0 aliphatic heterocycles. The van der Waals surface area contributed by atoms with Crippen molar-refractivity contribution in [3.8, 4) is 11.3 Å². The Kier molecular flexibility index (Phi) is 5.63. The monoisotopic (exact) mass is 366 g/mol. The van der Waals surface area contributed by atoms with Crippen LogP contribution in [0.2, 0.25) is 0 Å². The van der Waals surface area contributed by atoms with Gasteiger partial charge in [0.25, 0.3) is 0 Å². The number of fused-ring (bicyclic) bond motifs is 3. The number of aryl methyl sites for hydroxylation is 1. The summed E-state index contributed by atoms with van der Waals surface area (Å²) in [6.45, 7) is 4.89. The van der Waals surface area contributed by atoms with E-state index in [-0.39, 0.29) is 12.6 Å². The minimum atomic E-state index is -0.223. The van der Waals surface area contributed by atoms with Crippen molar-refractivity contribution in [2.45, 2.75) is 43.9 Å². The maximum Gasteiger partial charge on any atom is 0.348 e. The van der Waals surface area contributed by atoms with Crippen molar-refractivity contribution in [2.24, 2.45) is 0 Å². The second-order valence-electron chi connectivity index (χ2n) is 5.61. The lowest BCUT2D eigenvalue weighted by Crippen LogP contribution is -2.12.